The number of nitrogens with one attached hydrogen (secondary N) is 2. The molecule has 0 aliphatic heterocycles. The van der Waals surface area contributed by atoms with Gasteiger partial charge < -0.3 is 20.5 Å². The minimum absolute atomic E-state index is 0.0458. The maximum absolute atomic E-state index is 12.2. The molecular formula is C16H19N5O4S. The number of nitrogens with two attached hydrogens (primary N) is 1. The minimum atomic E-state index is -0.519. The number of carbonyl (C=O) groups excluding carboxylic acids is 2. The first-order valence-electron chi connectivity index (χ1n) is 7.65. The zero-order valence-electron chi connectivity index (χ0n) is 14.3. The highest BCUT2D eigenvalue weighted by atomic mass is 32.2. The number of thioether (sulfide) groups is 1. The normalized spacial score (nSPS) is 10.1. The van der Waals surface area contributed by atoms with Crippen molar-refractivity contribution in [2.24, 2.45) is 0 Å². The number of hydrogen-bond donors (Lipinski definition) is 3. The van der Waals surface area contributed by atoms with Crippen LogP contribution < -0.4 is 21.1 Å². The van der Waals surface area contributed by atoms with Gasteiger partial charge in [0.1, 0.15) is 17.4 Å². The molecule has 10 heteroatoms. The summed E-state index contributed by atoms with van der Waals surface area (Å²) >= 11 is 1.07. The lowest BCUT2D eigenvalue weighted by Gasteiger charge is -2.11. The Morgan fingerprint density at radius 2 is 2.00 bits per heavy atom. The fourth-order valence-corrected chi connectivity index (χ4v) is 2.58. The molecule has 9 nitrogen and oxygen atoms in total. The maximum atomic E-state index is 12.2. The first-order chi connectivity index (χ1) is 12.5. The van der Waals surface area contributed by atoms with E-state index in [4.69, 9.17) is 15.2 Å². The van der Waals surface area contributed by atoms with Crippen molar-refractivity contribution in [1.29, 1.82) is 0 Å². The molecule has 1 heterocycles. The molecule has 2 aromatic rings. The van der Waals surface area contributed by atoms with Crippen molar-refractivity contribution in [3.05, 3.63) is 30.3 Å². The summed E-state index contributed by atoms with van der Waals surface area (Å²) in [5, 5.41) is 5.48. The predicted molar refractivity (Wildman–Crippen MR) is 99.4 cm³/mol. The number of urea groups is 1. The van der Waals surface area contributed by atoms with Gasteiger partial charge in [0.15, 0.2) is 5.16 Å². The maximum Gasteiger partial charge on any atom is 0.324 e. The molecule has 1 aromatic heterocycles. The van der Waals surface area contributed by atoms with E-state index in [1.165, 1.54) is 13.2 Å². The average molecular weight is 377 g/mol. The number of carbonyl (C=O) groups is 2. The molecule has 0 unspecified atom stereocenters. The lowest BCUT2D eigenvalue weighted by Crippen LogP contribution is -2.21. The highest BCUT2D eigenvalue weighted by molar-refractivity contribution is 7.99. The van der Waals surface area contributed by atoms with Gasteiger partial charge in [-0.3, -0.25) is 10.1 Å². The Morgan fingerprint density at radius 1 is 1.23 bits per heavy atom. The molecule has 0 radical (unpaired) electrons. The molecule has 0 spiro atoms. The number of esters is 1. The van der Waals surface area contributed by atoms with Crippen LogP contribution in [0.4, 0.5) is 22.1 Å². The van der Waals surface area contributed by atoms with Crippen LogP contribution in [0.5, 0.6) is 5.75 Å². The molecular weight excluding hydrogens is 358 g/mol. The number of amides is 2. The van der Waals surface area contributed by atoms with Gasteiger partial charge in [-0.05, 0) is 19.1 Å². The van der Waals surface area contributed by atoms with Crippen LogP contribution in [0, 0.1) is 0 Å². The fourth-order valence-electron chi connectivity index (χ4n) is 1.92. The Kier molecular flexibility index (Phi) is 7.03. The number of benzene rings is 1. The van der Waals surface area contributed by atoms with E-state index in [0.29, 0.717) is 18.0 Å². The second kappa shape index (κ2) is 9.47. The van der Waals surface area contributed by atoms with Gasteiger partial charge in [0.25, 0.3) is 0 Å². The van der Waals surface area contributed by atoms with E-state index in [0.717, 1.165) is 11.8 Å². The summed E-state index contributed by atoms with van der Waals surface area (Å²) in [6.07, 6.45) is 0. The van der Waals surface area contributed by atoms with Gasteiger partial charge in [0.2, 0.25) is 0 Å². The Hall–Kier alpha value is -3.01. The molecule has 138 valence electrons. The molecule has 26 heavy (non-hydrogen) atoms. The number of hydrogen-bond acceptors (Lipinski definition) is 8. The third kappa shape index (κ3) is 5.81. The molecule has 0 atom stereocenters. The predicted octanol–water partition coefficient (Wildman–Crippen LogP) is 2.37. The number of rotatable bonds is 7. The highest BCUT2D eigenvalue weighted by Gasteiger charge is 2.11. The summed E-state index contributed by atoms with van der Waals surface area (Å²) in [4.78, 5) is 31.7. The van der Waals surface area contributed by atoms with Gasteiger partial charge >= 0.3 is 12.0 Å². The molecule has 2 amide bonds. The third-order valence-electron chi connectivity index (χ3n) is 2.95. The lowest BCUT2D eigenvalue weighted by atomic mass is 10.3. The molecule has 0 saturated heterocycles. The molecule has 0 aliphatic rings. The van der Waals surface area contributed by atoms with E-state index in [9.17, 15) is 9.59 Å². The molecule has 0 saturated carbocycles. The van der Waals surface area contributed by atoms with Crippen LogP contribution in [0.3, 0.4) is 0 Å². The van der Waals surface area contributed by atoms with E-state index < -0.39 is 6.03 Å². The molecule has 4 N–H and O–H groups in total. The number of aromatic nitrogens is 2. The summed E-state index contributed by atoms with van der Waals surface area (Å²) in [7, 11) is 1.51. The standard InChI is InChI=1S/C16H19N5O4S/c1-3-25-14(22)9-26-16-19-12(17)8-13(21-16)20-15(23)18-10-6-4-5-7-11(10)24-2/h4-8H,3,9H2,1-2H3,(H4,17,18,19,20,21,23). The smallest absolute Gasteiger partial charge is 0.324 e. The van der Waals surface area contributed by atoms with E-state index in [2.05, 4.69) is 20.6 Å². The topological polar surface area (TPSA) is 128 Å². The monoisotopic (exact) mass is 377 g/mol. The van der Waals surface area contributed by atoms with Crippen LogP contribution in [0.15, 0.2) is 35.5 Å². The zero-order chi connectivity index (χ0) is 18.9. The Morgan fingerprint density at radius 3 is 2.73 bits per heavy atom. The molecule has 0 bridgehead atoms. The number of nitrogen functional groups attached to an aromatic ring is 1. The molecule has 0 aliphatic carbocycles. The first kappa shape index (κ1) is 19.3. The van der Waals surface area contributed by atoms with Crippen LogP contribution in [0.2, 0.25) is 0 Å². The van der Waals surface area contributed by atoms with Crippen molar-refractivity contribution in [3.8, 4) is 5.75 Å². The summed E-state index contributed by atoms with van der Waals surface area (Å²) in [6.45, 7) is 2.02. The average Bonchev–Trinajstić information content (AvgIpc) is 2.60. The van der Waals surface area contributed by atoms with E-state index >= 15 is 0 Å². The lowest BCUT2D eigenvalue weighted by molar-refractivity contribution is -0.139. The van der Waals surface area contributed by atoms with E-state index in [-0.39, 0.29) is 28.5 Å². The molecule has 2 rings (SSSR count). The number of ether oxygens (including phenoxy) is 2. The number of para-hydroxylation sites is 2. The zero-order valence-corrected chi connectivity index (χ0v) is 15.1. The van der Waals surface area contributed by atoms with Crippen molar-refractivity contribution in [3.63, 3.8) is 0 Å². The van der Waals surface area contributed by atoms with Gasteiger partial charge in [-0.15, -0.1) is 0 Å². The highest BCUT2D eigenvalue weighted by Crippen LogP contribution is 2.23. The fraction of sp³-hybridized carbons (Fsp3) is 0.250. The van der Waals surface area contributed by atoms with E-state index in [1.807, 2.05) is 0 Å². The first-order valence-corrected chi connectivity index (χ1v) is 8.64. The number of nitrogens with zero attached hydrogens (tertiary/aromatic N) is 2. The Balaban J connectivity index is 2.02. The van der Waals surface area contributed by atoms with Crippen molar-refractivity contribution in [2.45, 2.75) is 12.1 Å². The SMILES string of the molecule is CCOC(=O)CSc1nc(N)cc(NC(=O)Nc2ccccc2OC)n1. The van der Waals surface area contributed by atoms with Gasteiger partial charge in [-0.25, -0.2) is 14.8 Å². The third-order valence-corrected chi connectivity index (χ3v) is 3.77. The van der Waals surface area contributed by atoms with Gasteiger partial charge in [0.05, 0.1) is 25.2 Å². The van der Waals surface area contributed by atoms with Crippen molar-refractivity contribution in [1.82, 2.24) is 9.97 Å². The van der Waals surface area contributed by atoms with Crippen LogP contribution in [-0.2, 0) is 9.53 Å². The van der Waals surface area contributed by atoms with Gasteiger partial charge in [0, 0.05) is 6.07 Å². The summed E-state index contributed by atoms with van der Waals surface area (Å²) in [5.74, 6) is 0.558. The molecule has 1 aromatic carbocycles. The second-order valence-electron chi connectivity index (χ2n) is 4.83. The Labute approximate surface area is 154 Å². The second-order valence-corrected chi connectivity index (χ2v) is 5.78. The summed E-state index contributed by atoms with van der Waals surface area (Å²) < 4.78 is 10.0. The van der Waals surface area contributed by atoms with Crippen LogP contribution in [-0.4, -0.2) is 41.4 Å². The largest absolute Gasteiger partial charge is 0.495 e. The van der Waals surface area contributed by atoms with Crippen molar-refractivity contribution >= 4 is 41.1 Å². The van der Waals surface area contributed by atoms with E-state index in [1.54, 1.807) is 31.2 Å². The quantitative estimate of drug-likeness (QED) is 0.381. The van der Waals surface area contributed by atoms with Crippen LogP contribution in [0.1, 0.15) is 6.92 Å². The van der Waals surface area contributed by atoms with Gasteiger partial charge in [-0.2, -0.15) is 0 Å². The summed E-state index contributed by atoms with van der Waals surface area (Å²) in [5.41, 5.74) is 6.23. The number of methoxy groups -OCH3 is 1. The summed E-state index contributed by atoms with van der Waals surface area (Å²) in [6, 6.07) is 7.88. The number of anilines is 3. The van der Waals surface area contributed by atoms with Crippen molar-refractivity contribution in [2.75, 3.05) is 35.8 Å². The molecule has 0 fully saturated rings. The minimum Gasteiger partial charge on any atom is -0.495 e. The van der Waals surface area contributed by atoms with Crippen LogP contribution in [0.25, 0.3) is 0 Å². The van der Waals surface area contributed by atoms with Gasteiger partial charge in [-0.1, -0.05) is 23.9 Å². The Bertz CT molecular complexity index is 787. The van der Waals surface area contributed by atoms with Crippen LogP contribution >= 0.6 is 11.8 Å². The van der Waals surface area contributed by atoms with Crippen molar-refractivity contribution < 1.29 is 19.1 Å².